The fourth-order valence-corrected chi connectivity index (χ4v) is 3.93. The van der Waals surface area contributed by atoms with Crippen molar-refractivity contribution in [2.45, 2.75) is 0 Å². The second-order valence-corrected chi connectivity index (χ2v) is 9.14. The summed E-state index contributed by atoms with van der Waals surface area (Å²) in [5, 5.41) is 17.9. The van der Waals surface area contributed by atoms with Gasteiger partial charge in [0.05, 0.1) is 28.8 Å². The minimum Gasteiger partial charge on any atom is -0.493 e. The summed E-state index contributed by atoms with van der Waals surface area (Å²) >= 11 is 6.08. The van der Waals surface area contributed by atoms with Crippen LogP contribution in [0, 0.1) is 10.1 Å². The molecule has 0 radical (unpaired) electrons. The van der Waals surface area contributed by atoms with Crippen molar-refractivity contribution in [3.8, 4) is 11.5 Å². The summed E-state index contributed by atoms with van der Waals surface area (Å²) in [5.41, 5.74) is 4.27. The normalized spacial score (nSPS) is 10.8. The van der Waals surface area contributed by atoms with Crippen molar-refractivity contribution in [1.29, 1.82) is 0 Å². The lowest BCUT2D eigenvalue weighted by molar-refractivity contribution is -0.384. The van der Waals surface area contributed by atoms with Gasteiger partial charge in [-0.3, -0.25) is 19.7 Å². The molecule has 0 aliphatic carbocycles. The number of methoxy groups -OCH3 is 1. The molecule has 2 N–H and O–H groups in total. The number of nitro groups is 1. The minimum atomic E-state index is -0.719. The van der Waals surface area contributed by atoms with Crippen LogP contribution in [0.3, 0.4) is 0 Å². The van der Waals surface area contributed by atoms with E-state index < -0.39 is 22.7 Å². The molecular formula is C31H23ClN4O7. The quantitative estimate of drug-likeness (QED) is 0.0577. The van der Waals surface area contributed by atoms with Gasteiger partial charge in [-0.2, -0.15) is 5.10 Å². The molecule has 4 aromatic rings. The number of hydrogen-bond acceptors (Lipinski definition) is 8. The number of hydrazone groups is 1. The molecule has 0 unspecified atom stereocenters. The topological polar surface area (TPSA) is 149 Å². The standard InChI is InChI=1S/C31H23ClN4O7/c1-42-28-17-21(12-14-27(28)43-29(37)15-13-20-6-4-9-24(16-20)36(40)41)19-33-35-30(38)22-7-5-8-23(18-22)34-31(39)25-10-2-3-11-26(25)32/h2-19H,1H3,(H,34,39)(H,35,38)/b15-13+,33-19?. The number of halogens is 1. The monoisotopic (exact) mass is 598 g/mol. The van der Waals surface area contributed by atoms with Crippen molar-refractivity contribution in [1.82, 2.24) is 5.43 Å². The van der Waals surface area contributed by atoms with Gasteiger partial charge in [0.15, 0.2) is 11.5 Å². The summed E-state index contributed by atoms with van der Waals surface area (Å²) in [6.45, 7) is 0. The lowest BCUT2D eigenvalue weighted by atomic mass is 10.1. The van der Waals surface area contributed by atoms with Crippen molar-refractivity contribution in [2.24, 2.45) is 5.10 Å². The van der Waals surface area contributed by atoms with Crippen LogP contribution < -0.4 is 20.2 Å². The number of carbonyl (C=O) groups is 3. The molecule has 0 spiro atoms. The number of benzene rings is 4. The van der Waals surface area contributed by atoms with Gasteiger partial charge < -0.3 is 14.8 Å². The van der Waals surface area contributed by atoms with Crippen LogP contribution in [-0.2, 0) is 4.79 Å². The zero-order valence-electron chi connectivity index (χ0n) is 22.5. The van der Waals surface area contributed by atoms with E-state index in [1.54, 1.807) is 60.7 Å². The van der Waals surface area contributed by atoms with Gasteiger partial charge in [-0.25, -0.2) is 10.2 Å². The van der Waals surface area contributed by atoms with E-state index in [2.05, 4.69) is 15.8 Å². The van der Waals surface area contributed by atoms with E-state index >= 15 is 0 Å². The molecule has 0 heterocycles. The Hall–Kier alpha value is -5.81. The van der Waals surface area contributed by atoms with Crippen LogP contribution in [-0.4, -0.2) is 36.0 Å². The number of anilines is 1. The Labute approximate surface area is 250 Å². The van der Waals surface area contributed by atoms with Gasteiger partial charge >= 0.3 is 5.97 Å². The maximum atomic E-state index is 12.6. The van der Waals surface area contributed by atoms with E-state index in [0.717, 1.165) is 6.08 Å². The zero-order valence-corrected chi connectivity index (χ0v) is 23.3. The van der Waals surface area contributed by atoms with Gasteiger partial charge in [-0.1, -0.05) is 41.9 Å². The first-order valence-electron chi connectivity index (χ1n) is 12.6. The van der Waals surface area contributed by atoms with Crippen LogP contribution in [0.1, 0.15) is 31.8 Å². The molecule has 4 aromatic carbocycles. The lowest BCUT2D eigenvalue weighted by Crippen LogP contribution is -2.18. The third kappa shape index (κ3) is 8.35. The third-order valence-corrected chi connectivity index (χ3v) is 6.10. The van der Waals surface area contributed by atoms with E-state index in [9.17, 15) is 24.5 Å². The van der Waals surface area contributed by atoms with E-state index in [4.69, 9.17) is 21.1 Å². The van der Waals surface area contributed by atoms with Crippen LogP contribution >= 0.6 is 11.6 Å². The Kier molecular flexibility index (Phi) is 9.95. The van der Waals surface area contributed by atoms with Gasteiger partial charge in [0.1, 0.15) is 0 Å². The number of amides is 2. The van der Waals surface area contributed by atoms with Gasteiger partial charge in [0, 0.05) is 29.5 Å². The lowest BCUT2D eigenvalue weighted by Gasteiger charge is -2.09. The van der Waals surface area contributed by atoms with Crippen molar-refractivity contribution in [2.75, 3.05) is 12.4 Å². The maximum absolute atomic E-state index is 12.6. The summed E-state index contributed by atoms with van der Waals surface area (Å²) in [4.78, 5) is 47.9. The van der Waals surface area contributed by atoms with Gasteiger partial charge in [0.2, 0.25) is 0 Å². The predicted octanol–water partition coefficient (Wildman–Crippen LogP) is 5.89. The second kappa shape index (κ2) is 14.2. The fourth-order valence-electron chi connectivity index (χ4n) is 3.71. The molecule has 0 aliphatic rings. The van der Waals surface area contributed by atoms with Crippen molar-refractivity contribution >= 4 is 53.0 Å². The second-order valence-electron chi connectivity index (χ2n) is 8.73. The molecule has 0 aliphatic heterocycles. The molecule has 0 fully saturated rings. The number of nitro benzene ring substituents is 1. The number of rotatable bonds is 10. The molecule has 216 valence electrons. The number of nitrogens with one attached hydrogen (secondary N) is 2. The highest BCUT2D eigenvalue weighted by molar-refractivity contribution is 6.34. The Morgan fingerprint density at radius 2 is 1.67 bits per heavy atom. The predicted molar refractivity (Wildman–Crippen MR) is 162 cm³/mol. The third-order valence-electron chi connectivity index (χ3n) is 5.77. The van der Waals surface area contributed by atoms with E-state index in [1.807, 2.05) is 0 Å². The Morgan fingerprint density at radius 1 is 0.884 bits per heavy atom. The molecule has 11 nitrogen and oxygen atoms in total. The molecule has 0 saturated heterocycles. The van der Waals surface area contributed by atoms with Crippen molar-refractivity contribution < 1.29 is 28.8 Å². The molecule has 2 amide bonds. The van der Waals surface area contributed by atoms with Crippen LogP contribution in [0.4, 0.5) is 11.4 Å². The fraction of sp³-hybridized carbons (Fsp3) is 0.0323. The molecule has 0 bridgehead atoms. The first-order valence-corrected chi connectivity index (χ1v) is 12.9. The van der Waals surface area contributed by atoms with Gasteiger partial charge in [0.25, 0.3) is 17.5 Å². The first-order chi connectivity index (χ1) is 20.7. The van der Waals surface area contributed by atoms with Gasteiger partial charge in [-0.15, -0.1) is 0 Å². The minimum absolute atomic E-state index is 0.0998. The van der Waals surface area contributed by atoms with E-state index in [-0.39, 0.29) is 22.7 Å². The van der Waals surface area contributed by atoms with Crippen LogP contribution in [0.25, 0.3) is 6.08 Å². The number of hydrogen-bond donors (Lipinski definition) is 2. The zero-order chi connectivity index (χ0) is 30.8. The number of nitrogens with zero attached hydrogens (tertiary/aromatic N) is 2. The number of non-ortho nitro benzene ring substituents is 1. The highest BCUT2D eigenvalue weighted by Gasteiger charge is 2.12. The van der Waals surface area contributed by atoms with Crippen LogP contribution in [0.15, 0.2) is 102 Å². The van der Waals surface area contributed by atoms with Crippen LogP contribution in [0.2, 0.25) is 5.02 Å². The molecule has 4 rings (SSSR count). The number of esters is 1. The Bertz CT molecular complexity index is 1750. The number of ether oxygens (including phenoxy) is 2. The van der Waals surface area contributed by atoms with Crippen molar-refractivity contribution in [3.05, 3.63) is 134 Å². The summed E-state index contributed by atoms with van der Waals surface area (Å²) in [5.74, 6) is -1.29. The van der Waals surface area contributed by atoms with Gasteiger partial charge in [-0.05, 0) is 65.7 Å². The summed E-state index contributed by atoms with van der Waals surface area (Å²) in [6.07, 6.45) is 3.91. The highest BCUT2D eigenvalue weighted by Crippen LogP contribution is 2.28. The number of carbonyl (C=O) groups excluding carboxylic acids is 3. The average molecular weight is 599 g/mol. The summed E-state index contributed by atoms with van der Waals surface area (Å²) < 4.78 is 10.6. The molecule has 12 heteroatoms. The van der Waals surface area contributed by atoms with Crippen molar-refractivity contribution in [3.63, 3.8) is 0 Å². The molecule has 0 aromatic heterocycles. The average Bonchev–Trinajstić information content (AvgIpc) is 3.01. The SMILES string of the molecule is COc1cc(C=NNC(=O)c2cccc(NC(=O)c3ccccc3Cl)c2)ccc1OC(=O)/C=C/c1cccc([N+](=O)[O-])c1. The van der Waals surface area contributed by atoms with Crippen LogP contribution in [0.5, 0.6) is 11.5 Å². The largest absolute Gasteiger partial charge is 0.493 e. The Morgan fingerprint density at radius 3 is 2.44 bits per heavy atom. The maximum Gasteiger partial charge on any atom is 0.336 e. The summed E-state index contributed by atoms with van der Waals surface area (Å²) in [6, 6.07) is 23.4. The molecule has 0 atom stereocenters. The van der Waals surface area contributed by atoms with E-state index in [1.165, 1.54) is 49.7 Å². The smallest absolute Gasteiger partial charge is 0.336 e. The molecular weight excluding hydrogens is 576 g/mol. The summed E-state index contributed by atoms with van der Waals surface area (Å²) in [7, 11) is 1.39. The molecule has 43 heavy (non-hydrogen) atoms. The highest BCUT2D eigenvalue weighted by atomic mass is 35.5. The van der Waals surface area contributed by atoms with E-state index in [0.29, 0.717) is 27.4 Å². The molecule has 0 saturated carbocycles. The first kappa shape index (κ1) is 30.2. The Balaban J connectivity index is 1.35.